The van der Waals surface area contributed by atoms with Gasteiger partial charge in [-0.25, -0.2) is 9.37 Å². The van der Waals surface area contributed by atoms with Crippen LogP contribution in [0.1, 0.15) is 43.7 Å². The van der Waals surface area contributed by atoms with E-state index < -0.39 is 0 Å². The predicted octanol–water partition coefficient (Wildman–Crippen LogP) is 5.25. The van der Waals surface area contributed by atoms with Crippen LogP contribution in [0.5, 0.6) is 0 Å². The molecule has 39 heavy (non-hydrogen) atoms. The second-order valence-electron chi connectivity index (χ2n) is 9.91. The Balaban J connectivity index is 1.47. The van der Waals surface area contributed by atoms with Crippen molar-refractivity contribution in [1.82, 2.24) is 14.3 Å². The molecule has 0 atom stereocenters. The van der Waals surface area contributed by atoms with E-state index in [1.165, 1.54) is 22.2 Å². The number of amides is 1. The van der Waals surface area contributed by atoms with Crippen LogP contribution in [0.4, 0.5) is 15.9 Å². The number of rotatable bonds is 8. The van der Waals surface area contributed by atoms with Gasteiger partial charge in [-0.2, -0.15) is 0 Å². The molecule has 0 aliphatic carbocycles. The van der Waals surface area contributed by atoms with Crippen LogP contribution in [-0.2, 0) is 4.79 Å². The Hall–Kier alpha value is -3.24. The van der Waals surface area contributed by atoms with Gasteiger partial charge in [-0.1, -0.05) is 68.4 Å². The van der Waals surface area contributed by atoms with Gasteiger partial charge in [0.25, 0.3) is 11.5 Å². The predicted molar refractivity (Wildman–Crippen MR) is 161 cm³/mol. The fraction of sp³-hybridized carbons (Fsp3) is 0.379. The zero-order chi connectivity index (χ0) is 27.5. The molecule has 5 rings (SSSR count). The van der Waals surface area contributed by atoms with E-state index in [2.05, 4.69) is 11.8 Å². The van der Waals surface area contributed by atoms with Crippen molar-refractivity contribution in [1.29, 1.82) is 0 Å². The molecule has 0 N–H and O–H groups in total. The van der Waals surface area contributed by atoms with Crippen LogP contribution in [0.25, 0.3) is 11.7 Å². The molecule has 0 spiro atoms. The molecule has 3 aromatic rings. The molecule has 0 saturated carbocycles. The summed E-state index contributed by atoms with van der Waals surface area (Å²) in [7, 11) is 0. The Morgan fingerprint density at radius 3 is 2.51 bits per heavy atom. The number of unbranched alkanes of at least 4 members (excludes halogenated alkanes) is 3. The molecule has 0 unspecified atom stereocenters. The van der Waals surface area contributed by atoms with Crippen LogP contribution in [0.2, 0.25) is 0 Å². The number of para-hydroxylation sites is 1. The third kappa shape index (κ3) is 5.72. The first-order valence-corrected chi connectivity index (χ1v) is 14.6. The van der Waals surface area contributed by atoms with Crippen LogP contribution in [-0.4, -0.2) is 57.2 Å². The second-order valence-corrected chi connectivity index (χ2v) is 11.6. The van der Waals surface area contributed by atoms with E-state index in [9.17, 15) is 14.0 Å². The molecular formula is C29H32FN5O2S2. The number of hydrogen-bond donors (Lipinski definition) is 0. The van der Waals surface area contributed by atoms with Gasteiger partial charge >= 0.3 is 0 Å². The highest BCUT2D eigenvalue weighted by atomic mass is 32.2. The number of aryl methyl sites for hydroxylation is 1. The van der Waals surface area contributed by atoms with Gasteiger partial charge < -0.3 is 9.80 Å². The second kappa shape index (κ2) is 11.9. The number of halogens is 1. The van der Waals surface area contributed by atoms with Crippen molar-refractivity contribution in [2.24, 2.45) is 0 Å². The summed E-state index contributed by atoms with van der Waals surface area (Å²) in [4.78, 5) is 38.1. The van der Waals surface area contributed by atoms with Gasteiger partial charge in [0.15, 0.2) is 0 Å². The molecule has 10 heteroatoms. The summed E-state index contributed by atoms with van der Waals surface area (Å²) in [6, 6.07) is 10.5. The minimum Gasteiger partial charge on any atom is -0.366 e. The molecule has 7 nitrogen and oxygen atoms in total. The lowest BCUT2D eigenvalue weighted by Gasteiger charge is -2.37. The van der Waals surface area contributed by atoms with Crippen molar-refractivity contribution in [3.8, 4) is 0 Å². The smallest absolute Gasteiger partial charge is 0.267 e. The largest absolute Gasteiger partial charge is 0.366 e. The lowest BCUT2D eigenvalue weighted by molar-refractivity contribution is -0.122. The maximum atomic E-state index is 14.4. The molecule has 1 aromatic carbocycles. The minimum absolute atomic E-state index is 0.162. The number of anilines is 2. The standard InChI is InChI=1S/C29H32FN5O2S2/c1-3-4-5-8-13-34-28(37)24(39-29(34)38)18-21-26(31-25-12-11-20(2)19-35(25)27(21)36)33-16-14-32(15-17-33)23-10-7-6-9-22(23)30/h6-7,9-12,18-19H,3-5,8,13-17H2,1-2H3/b24-18+. The zero-order valence-electron chi connectivity index (χ0n) is 22.2. The summed E-state index contributed by atoms with van der Waals surface area (Å²) in [6.07, 6.45) is 7.61. The molecule has 1 amide bonds. The maximum absolute atomic E-state index is 14.4. The molecular weight excluding hydrogens is 533 g/mol. The third-order valence-electron chi connectivity index (χ3n) is 7.14. The molecule has 2 aliphatic rings. The Morgan fingerprint density at radius 1 is 1.03 bits per heavy atom. The van der Waals surface area contributed by atoms with E-state index in [1.807, 2.05) is 30.0 Å². The number of fused-ring (bicyclic) bond motifs is 1. The van der Waals surface area contributed by atoms with Gasteiger partial charge in [-0.05, 0) is 43.2 Å². The van der Waals surface area contributed by atoms with Crippen LogP contribution < -0.4 is 15.4 Å². The van der Waals surface area contributed by atoms with E-state index in [4.69, 9.17) is 17.2 Å². The number of thioether (sulfide) groups is 1. The van der Waals surface area contributed by atoms with Gasteiger partial charge in [0.05, 0.1) is 16.2 Å². The first-order valence-electron chi connectivity index (χ1n) is 13.4. The summed E-state index contributed by atoms with van der Waals surface area (Å²) in [5, 5.41) is 0. The summed E-state index contributed by atoms with van der Waals surface area (Å²) in [5.41, 5.74) is 2.18. The van der Waals surface area contributed by atoms with Gasteiger partial charge in [0.2, 0.25) is 0 Å². The van der Waals surface area contributed by atoms with Gasteiger partial charge in [0.1, 0.15) is 21.6 Å². The molecule has 0 radical (unpaired) electrons. The molecule has 204 valence electrons. The number of carbonyl (C=O) groups excluding carboxylic acids is 1. The molecule has 2 saturated heterocycles. The van der Waals surface area contributed by atoms with E-state index in [0.717, 1.165) is 31.2 Å². The molecule has 2 aromatic heterocycles. The van der Waals surface area contributed by atoms with E-state index >= 15 is 0 Å². The number of benzene rings is 1. The fourth-order valence-electron chi connectivity index (χ4n) is 5.00. The molecule has 2 aliphatic heterocycles. The monoisotopic (exact) mass is 565 g/mol. The number of nitrogens with zero attached hydrogens (tertiary/aromatic N) is 5. The van der Waals surface area contributed by atoms with Crippen LogP contribution >= 0.6 is 24.0 Å². The third-order valence-corrected chi connectivity index (χ3v) is 8.52. The van der Waals surface area contributed by atoms with Gasteiger partial charge in [0, 0.05) is 38.9 Å². The first kappa shape index (κ1) is 27.3. The topological polar surface area (TPSA) is 61.2 Å². The SMILES string of the molecule is CCCCCCN1C(=O)/C(=C\c2c(N3CCN(c4ccccc4F)CC3)nc3ccc(C)cn3c2=O)SC1=S. The quantitative estimate of drug-likeness (QED) is 0.210. The Bertz CT molecular complexity index is 1500. The summed E-state index contributed by atoms with van der Waals surface area (Å²) in [5.74, 6) is 0.122. The van der Waals surface area contributed by atoms with E-state index in [0.29, 0.717) is 64.7 Å². The first-order chi connectivity index (χ1) is 18.9. The molecule has 0 bridgehead atoms. The lowest BCUT2D eigenvalue weighted by atomic mass is 10.2. The molecule has 4 heterocycles. The number of piperazine rings is 1. The normalized spacial score (nSPS) is 17.2. The zero-order valence-corrected chi connectivity index (χ0v) is 23.9. The van der Waals surface area contributed by atoms with Crippen molar-refractivity contribution >= 4 is 57.4 Å². The Labute approximate surface area is 237 Å². The number of carbonyl (C=O) groups is 1. The van der Waals surface area contributed by atoms with E-state index in [1.54, 1.807) is 29.3 Å². The minimum atomic E-state index is -0.249. The average Bonchev–Trinajstić information content (AvgIpc) is 3.20. The van der Waals surface area contributed by atoms with Crippen molar-refractivity contribution in [3.63, 3.8) is 0 Å². The van der Waals surface area contributed by atoms with Crippen LogP contribution in [0.3, 0.4) is 0 Å². The highest BCUT2D eigenvalue weighted by Gasteiger charge is 2.33. The molecule has 2 fully saturated rings. The lowest BCUT2D eigenvalue weighted by Crippen LogP contribution is -2.47. The van der Waals surface area contributed by atoms with Crippen molar-refractivity contribution in [2.45, 2.75) is 39.5 Å². The maximum Gasteiger partial charge on any atom is 0.267 e. The van der Waals surface area contributed by atoms with Crippen LogP contribution in [0.15, 0.2) is 52.3 Å². The highest BCUT2D eigenvalue weighted by molar-refractivity contribution is 8.26. The van der Waals surface area contributed by atoms with Crippen molar-refractivity contribution in [3.05, 3.63) is 74.8 Å². The van der Waals surface area contributed by atoms with Gasteiger partial charge in [-0.3, -0.25) is 18.9 Å². The summed E-state index contributed by atoms with van der Waals surface area (Å²) >= 11 is 6.76. The Kier molecular flexibility index (Phi) is 8.32. The highest BCUT2D eigenvalue weighted by Crippen LogP contribution is 2.34. The Morgan fingerprint density at radius 2 is 1.77 bits per heavy atom. The number of thiocarbonyl (C=S) groups is 1. The number of aromatic nitrogens is 2. The van der Waals surface area contributed by atoms with Crippen molar-refractivity contribution < 1.29 is 9.18 Å². The fourth-order valence-corrected chi connectivity index (χ4v) is 6.29. The number of pyridine rings is 1. The summed E-state index contributed by atoms with van der Waals surface area (Å²) < 4.78 is 16.4. The summed E-state index contributed by atoms with van der Waals surface area (Å²) in [6.45, 7) is 6.93. The van der Waals surface area contributed by atoms with E-state index in [-0.39, 0.29) is 17.3 Å². The number of hydrogen-bond acceptors (Lipinski definition) is 7. The van der Waals surface area contributed by atoms with Crippen molar-refractivity contribution in [2.75, 3.05) is 42.5 Å². The van der Waals surface area contributed by atoms with Crippen LogP contribution in [0, 0.1) is 12.7 Å². The van der Waals surface area contributed by atoms with Gasteiger partial charge in [-0.15, -0.1) is 0 Å². The average molecular weight is 566 g/mol.